The Morgan fingerprint density at radius 2 is 1.92 bits per heavy atom. The molecule has 0 unspecified atom stereocenters. The van der Waals surface area contributed by atoms with Gasteiger partial charge in [0.1, 0.15) is 0 Å². The minimum atomic E-state index is -0.0526. The van der Waals surface area contributed by atoms with Gasteiger partial charge < -0.3 is 15.0 Å². The van der Waals surface area contributed by atoms with Crippen molar-refractivity contribution in [3.8, 4) is 0 Å². The summed E-state index contributed by atoms with van der Waals surface area (Å²) in [5, 5.41) is 3.37. The molecule has 0 saturated carbocycles. The van der Waals surface area contributed by atoms with Gasteiger partial charge in [-0.2, -0.15) is 0 Å². The largest absolute Gasteiger partial charge is 0.466 e. The van der Waals surface area contributed by atoms with E-state index in [0.29, 0.717) is 6.61 Å². The maximum atomic E-state index is 11.8. The lowest BCUT2D eigenvalue weighted by molar-refractivity contribution is -0.149. The molecule has 1 aliphatic rings. The third-order valence-corrected chi connectivity index (χ3v) is 4.25. The molecule has 140 valence electrons. The number of ether oxygens (including phenoxy) is 1. The third-order valence-electron chi connectivity index (χ3n) is 4.25. The molecule has 0 atom stereocenters. The second kappa shape index (κ2) is 12.1. The lowest BCUT2D eigenvalue weighted by Gasteiger charge is -2.33. The molecule has 0 aliphatic carbocycles. The van der Waals surface area contributed by atoms with Crippen LogP contribution >= 0.6 is 24.0 Å². The lowest BCUT2D eigenvalue weighted by Crippen LogP contribution is -2.46. The first kappa shape index (κ1) is 21.7. The SMILES string of the molecule is CCNC(=NCCc1ccccc1)N1CCC(C(=O)OCC)CC1.I. The van der Waals surface area contributed by atoms with Gasteiger partial charge in [0.05, 0.1) is 12.5 Å². The number of esters is 1. The van der Waals surface area contributed by atoms with Crippen LogP contribution in [0.2, 0.25) is 0 Å². The van der Waals surface area contributed by atoms with Crippen LogP contribution in [-0.4, -0.2) is 49.6 Å². The highest BCUT2D eigenvalue weighted by Gasteiger charge is 2.27. The van der Waals surface area contributed by atoms with Gasteiger partial charge in [-0.15, -0.1) is 24.0 Å². The van der Waals surface area contributed by atoms with E-state index in [4.69, 9.17) is 9.73 Å². The fraction of sp³-hybridized carbons (Fsp3) is 0.579. The zero-order valence-corrected chi connectivity index (χ0v) is 17.6. The molecule has 2 rings (SSSR count). The zero-order chi connectivity index (χ0) is 17.2. The Morgan fingerprint density at radius 1 is 1.24 bits per heavy atom. The number of hydrogen-bond donors (Lipinski definition) is 1. The number of rotatable bonds is 6. The van der Waals surface area contributed by atoms with Crippen molar-refractivity contribution < 1.29 is 9.53 Å². The predicted octanol–water partition coefficient (Wildman–Crippen LogP) is 3.09. The Morgan fingerprint density at radius 3 is 2.52 bits per heavy atom. The van der Waals surface area contributed by atoms with E-state index in [2.05, 4.69) is 41.4 Å². The van der Waals surface area contributed by atoms with E-state index in [1.807, 2.05) is 13.0 Å². The second-order valence-electron chi connectivity index (χ2n) is 5.98. The Bertz CT molecular complexity index is 529. The van der Waals surface area contributed by atoms with Gasteiger partial charge in [-0.25, -0.2) is 0 Å². The van der Waals surface area contributed by atoms with Gasteiger partial charge >= 0.3 is 5.97 Å². The van der Waals surface area contributed by atoms with Crippen LogP contribution in [0.5, 0.6) is 0 Å². The number of hydrogen-bond acceptors (Lipinski definition) is 3. The highest BCUT2D eigenvalue weighted by atomic mass is 127. The molecule has 1 saturated heterocycles. The average Bonchev–Trinajstić information content (AvgIpc) is 2.62. The number of aliphatic imine (C=N–C) groups is 1. The molecular weight excluding hydrogens is 429 g/mol. The molecule has 1 heterocycles. The Labute approximate surface area is 168 Å². The molecule has 1 N–H and O–H groups in total. The maximum absolute atomic E-state index is 11.8. The topological polar surface area (TPSA) is 53.9 Å². The van der Waals surface area contributed by atoms with Gasteiger partial charge in [-0.1, -0.05) is 30.3 Å². The van der Waals surface area contributed by atoms with Gasteiger partial charge in [-0.3, -0.25) is 9.79 Å². The van der Waals surface area contributed by atoms with E-state index in [-0.39, 0.29) is 35.9 Å². The van der Waals surface area contributed by atoms with Crippen molar-refractivity contribution in [2.75, 3.05) is 32.8 Å². The van der Waals surface area contributed by atoms with E-state index in [9.17, 15) is 4.79 Å². The first-order valence-electron chi connectivity index (χ1n) is 8.98. The van der Waals surface area contributed by atoms with E-state index in [1.165, 1.54) is 5.56 Å². The third kappa shape index (κ3) is 7.22. The quantitative estimate of drug-likeness (QED) is 0.308. The summed E-state index contributed by atoms with van der Waals surface area (Å²) >= 11 is 0. The Kier molecular flexibility index (Phi) is 10.5. The molecule has 1 aliphatic heterocycles. The van der Waals surface area contributed by atoms with Crippen molar-refractivity contribution in [1.82, 2.24) is 10.2 Å². The minimum Gasteiger partial charge on any atom is -0.466 e. The fourth-order valence-corrected chi connectivity index (χ4v) is 2.95. The summed E-state index contributed by atoms with van der Waals surface area (Å²) in [6.45, 7) is 7.71. The molecule has 25 heavy (non-hydrogen) atoms. The molecule has 0 spiro atoms. The molecule has 1 aromatic rings. The van der Waals surface area contributed by atoms with Crippen molar-refractivity contribution in [3.05, 3.63) is 35.9 Å². The van der Waals surface area contributed by atoms with Crippen molar-refractivity contribution >= 4 is 35.9 Å². The summed E-state index contributed by atoms with van der Waals surface area (Å²) in [4.78, 5) is 18.9. The first-order chi connectivity index (χ1) is 11.7. The van der Waals surface area contributed by atoms with E-state index in [0.717, 1.165) is 51.4 Å². The van der Waals surface area contributed by atoms with Crippen molar-refractivity contribution in [2.24, 2.45) is 10.9 Å². The molecule has 0 radical (unpaired) electrons. The molecule has 1 aromatic carbocycles. The molecular formula is C19H30IN3O2. The van der Waals surface area contributed by atoms with Gasteiger partial charge in [0.25, 0.3) is 0 Å². The first-order valence-corrected chi connectivity index (χ1v) is 8.98. The molecule has 0 aromatic heterocycles. The highest BCUT2D eigenvalue weighted by molar-refractivity contribution is 14.0. The summed E-state index contributed by atoms with van der Waals surface area (Å²) < 4.78 is 5.14. The number of carbonyl (C=O) groups excluding carboxylic acids is 1. The van der Waals surface area contributed by atoms with Crippen LogP contribution in [0.15, 0.2) is 35.3 Å². The van der Waals surface area contributed by atoms with Gasteiger partial charge in [0, 0.05) is 26.2 Å². The van der Waals surface area contributed by atoms with Crippen LogP contribution in [0.3, 0.4) is 0 Å². The summed E-state index contributed by atoms with van der Waals surface area (Å²) in [5.74, 6) is 0.937. The molecule has 0 amide bonds. The maximum Gasteiger partial charge on any atom is 0.309 e. The standard InChI is InChI=1S/C19H29N3O2.HI/c1-3-20-19(21-13-10-16-8-6-5-7-9-16)22-14-11-17(12-15-22)18(23)24-4-2;/h5-9,17H,3-4,10-15H2,1-2H3,(H,20,21);1H. The van der Waals surface area contributed by atoms with E-state index in [1.54, 1.807) is 0 Å². The molecule has 1 fully saturated rings. The molecule has 6 heteroatoms. The van der Waals surface area contributed by atoms with Crippen molar-refractivity contribution in [2.45, 2.75) is 33.1 Å². The number of halogens is 1. The number of nitrogens with one attached hydrogen (secondary N) is 1. The lowest BCUT2D eigenvalue weighted by atomic mass is 9.97. The van der Waals surface area contributed by atoms with Crippen LogP contribution in [0.1, 0.15) is 32.3 Å². The van der Waals surface area contributed by atoms with Gasteiger partial charge in [-0.05, 0) is 38.7 Å². The van der Waals surface area contributed by atoms with Crippen molar-refractivity contribution in [3.63, 3.8) is 0 Å². The number of carbonyl (C=O) groups is 1. The fourth-order valence-electron chi connectivity index (χ4n) is 2.95. The average molecular weight is 459 g/mol. The van der Waals surface area contributed by atoms with Gasteiger partial charge in [0.2, 0.25) is 0 Å². The van der Waals surface area contributed by atoms with E-state index < -0.39 is 0 Å². The summed E-state index contributed by atoms with van der Waals surface area (Å²) in [7, 11) is 0. The van der Waals surface area contributed by atoms with Crippen LogP contribution < -0.4 is 5.32 Å². The molecule has 5 nitrogen and oxygen atoms in total. The highest BCUT2D eigenvalue weighted by Crippen LogP contribution is 2.18. The predicted molar refractivity (Wildman–Crippen MR) is 112 cm³/mol. The number of piperidine rings is 1. The van der Waals surface area contributed by atoms with Crippen molar-refractivity contribution in [1.29, 1.82) is 0 Å². The zero-order valence-electron chi connectivity index (χ0n) is 15.2. The van der Waals surface area contributed by atoms with Crippen LogP contribution in [0, 0.1) is 5.92 Å². The number of likely N-dealkylation sites (tertiary alicyclic amines) is 1. The summed E-state index contributed by atoms with van der Waals surface area (Å²) in [6, 6.07) is 10.4. The van der Waals surface area contributed by atoms with Crippen LogP contribution in [0.25, 0.3) is 0 Å². The van der Waals surface area contributed by atoms with Gasteiger partial charge in [0.15, 0.2) is 5.96 Å². The summed E-state index contributed by atoms with van der Waals surface area (Å²) in [5.41, 5.74) is 1.30. The van der Waals surface area contributed by atoms with Crippen LogP contribution in [-0.2, 0) is 16.0 Å². The molecule has 0 bridgehead atoms. The van der Waals surface area contributed by atoms with Crippen LogP contribution in [0.4, 0.5) is 0 Å². The monoisotopic (exact) mass is 459 g/mol. The minimum absolute atomic E-state index is 0. The Hall–Kier alpha value is -1.31. The normalized spacial score (nSPS) is 15.4. The smallest absolute Gasteiger partial charge is 0.309 e. The Balaban J connectivity index is 0.00000312. The van der Waals surface area contributed by atoms with E-state index >= 15 is 0 Å². The second-order valence-corrected chi connectivity index (χ2v) is 5.98. The summed E-state index contributed by atoms with van der Waals surface area (Å²) in [6.07, 6.45) is 2.61. The number of nitrogens with zero attached hydrogens (tertiary/aromatic N) is 2. The number of benzene rings is 1. The number of guanidine groups is 1.